The van der Waals surface area contributed by atoms with E-state index in [-0.39, 0.29) is 11.9 Å². The number of benzene rings is 2. The summed E-state index contributed by atoms with van der Waals surface area (Å²) in [5.74, 6) is 5.41. The minimum absolute atomic E-state index is 0.0938. The fourth-order valence-corrected chi connectivity index (χ4v) is 3.38. The van der Waals surface area contributed by atoms with Crippen LogP contribution >= 0.6 is 11.3 Å². The molecule has 102 valence electrons. The molecule has 0 aliphatic heterocycles. The molecular formula is C16H15FN2S. The Morgan fingerprint density at radius 1 is 1.15 bits per heavy atom. The molecule has 20 heavy (non-hydrogen) atoms. The predicted octanol–water partition coefficient (Wildman–Crippen LogP) is 3.79. The molecule has 4 heteroatoms. The van der Waals surface area contributed by atoms with Gasteiger partial charge in [-0.25, -0.2) is 4.39 Å². The molecule has 3 rings (SSSR count). The summed E-state index contributed by atoms with van der Waals surface area (Å²) in [6.07, 6.45) is 0.740. The number of hydrogen-bond donors (Lipinski definition) is 2. The van der Waals surface area contributed by atoms with Crippen molar-refractivity contribution in [3.8, 4) is 0 Å². The average molecular weight is 286 g/mol. The van der Waals surface area contributed by atoms with Gasteiger partial charge in [0.2, 0.25) is 0 Å². The number of thiophene rings is 1. The van der Waals surface area contributed by atoms with Crippen molar-refractivity contribution in [1.29, 1.82) is 0 Å². The third-order valence-electron chi connectivity index (χ3n) is 3.44. The Labute approximate surface area is 121 Å². The molecule has 0 spiro atoms. The summed E-state index contributed by atoms with van der Waals surface area (Å²) in [6.45, 7) is 0. The standard InChI is InChI=1S/C16H15FN2S/c17-13-5-3-4-11(8-13)15(19-18)9-12-10-20-16-7-2-1-6-14(12)16/h1-8,10,15,19H,9,18H2. The molecular weight excluding hydrogens is 271 g/mol. The Morgan fingerprint density at radius 3 is 2.80 bits per heavy atom. The third kappa shape index (κ3) is 2.58. The van der Waals surface area contributed by atoms with Crippen molar-refractivity contribution in [3.63, 3.8) is 0 Å². The van der Waals surface area contributed by atoms with Crippen LogP contribution in [-0.4, -0.2) is 0 Å². The Morgan fingerprint density at radius 2 is 2.00 bits per heavy atom. The second-order valence-electron chi connectivity index (χ2n) is 4.74. The van der Waals surface area contributed by atoms with E-state index >= 15 is 0 Å². The highest BCUT2D eigenvalue weighted by atomic mass is 32.1. The van der Waals surface area contributed by atoms with Crippen LogP contribution in [0.1, 0.15) is 17.2 Å². The summed E-state index contributed by atoms with van der Waals surface area (Å²) in [7, 11) is 0. The van der Waals surface area contributed by atoms with E-state index in [0.717, 1.165) is 12.0 Å². The summed E-state index contributed by atoms with van der Waals surface area (Å²) < 4.78 is 14.6. The summed E-state index contributed by atoms with van der Waals surface area (Å²) in [5.41, 5.74) is 4.88. The highest BCUT2D eigenvalue weighted by Gasteiger charge is 2.13. The molecule has 3 aromatic rings. The van der Waals surface area contributed by atoms with E-state index in [1.54, 1.807) is 17.4 Å². The van der Waals surface area contributed by atoms with Crippen molar-refractivity contribution in [3.05, 3.63) is 70.9 Å². The van der Waals surface area contributed by atoms with E-state index in [9.17, 15) is 4.39 Å². The van der Waals surface area contributed by atoms with Crippen LogP contribution in [0.3, 0.4) is 0 Å². The molecule has 0 radical (unpaired) electrons. The van der Waals surface area contributed by atoms with Crippen LogP contribution < -0.4 is 11.3 Å². The Kier molecular flexibility index (Phi) is 3.78. The van der Waals surface area contributed by atoms with Crippen molar-refractivity contribution >= 4 is 21.4 Å². The topological polar surface area (TPSA) is 38.0 Å². The van der Waals surface area contributed by atoms with Gasteiger partial charge in [-0.1, -0.05) is 30.3 Å². The van der Waals surface area contributed by atoms with Crippen molar-refractivity contribution in [2.45, 2.75) is 12.5 Å². The first-order valence-corrected chi connectivity index (χ1v) is 7.32. The molecule has 1 unspecified atom stereocenters. The van der Waals surface area contributed by atoms with Crippen LogP contribution in [0.4, 0.5) is 4.39 Å². The lowest BCUT2D eigenvalue weighted by Gasteiger charge is -2.16. The molecule has 1 aromatic heterocycles. The van der Waals surface area contributed by atoms with E-state index in [0.29, 0.717) is 0 Å². The number of hydrogen-bond acceptors (Lipinski definition) is 3. The van der Waals surface area contributed by atoms with Crippen molar-refractivity contribution in [2.75, 3.05) is 0 Å². The van der Waals surface area contributed by atoms with Crippen molar-refractivity contribution in [1.82, 2.24) is 5.43 Å². The van der Waals surface area contributed by atoms with E-state index in [1.165, 1.54) is 27.8 Å². The van der Waals surface area contributed by atoms with Gasteiger partial charge in [-0.15, -0.1) is 11.3 Å². The van der Waals surface area contributed by atoms with Crippen molar-refractivity contribution in [2.24, 2.45) is 5.84 Å². The zero-order valence-corrected chi connectivity index (χ0v) is 11.7. The van der Waals surface area contributed by atoms with E-state index in [2.05, 4.69) is 22.9 Å². The first kappa shape index (κ1) is 13.2. The number of hydrazine groups is 1. The molecule has 0 aliphatic carbocycles. The number of fused-ring (bicyclic) bond motifs is 1. The van der Waals surface area contributed by atoms with Gasteiger partial charge in [0.15, 0.2) is 0 Å². The van der Waals surface area contributed by atoms with Gasteiger partial charge in [-0.2, -0.15) is 0 Å². The highest BCUT2D eigenvalue weighted by molar-refractivity contribution is 7.17. The Hall–Kier alpha value is -1.75. The van der Waals surface area contributed by atoms with Crippen molar-refractivity contribution < 1.29 is 4.39 Å². The van der Waals surface area contributed by atoms with Gasteiger partial charge in [0, 0.05) is 4.70 Å². The van der Waals surface area contributed by atoms with Crippen LogP contribution in [0, 0.1) is 5.82 Å². The van der Waals surface area contributed by atoms with Gasteiger partial charge in [-0.05, 0) is 46.5 Å². The normalized spacial score (nSPS) is 12.7. The van der Waals surface area contributed by atoms with Crippen LogP contribution in [0.25, 0.3) is 10.1 Å². The van der Waals surface area contributed by atoms with E-state index in [4.69, 9.17) is 5.84 Å². The van der Waals surface area contributed by atoms with Gasteiger partial charge in [0.05, 0.1) is 6.04 Å². The summed E-state index contributed by atoms with van der Waals surface area (Å²) >= 11 is 1.72. The maximum absolute atomic E-state index is 13.3. The minimum Gasteiger partial charge on any atom is -0.271 e. The quantitative estimate of drug-likeness (QED) is 0.565. The number of nitrogens with one attached hydrogen (secondary N) is 1. The van der Waals surface area contributed by atoms with Gasteiger partial charge >= 0.3 is 0 Å². The Balaban J connectivity index is 1.92. The van der Waals surface area contributed by atoms with E-state index in [1.807, 2.05) is 18.2 Å². The van der Waals surface area contributed by atoms with Crippen LogP contribution in [-0.2, 0) is 6.42 Å². The zero-order chi connectivity index (χ0) is 13.9. The van der Waals surface area contributed by atoms with Crippen LogP contribution in [0.15, 0.2) is 53.9 Å². The Bertz CT molecular complexity index is 723. The van der Waals surface area contributed by atoms with Crippen LogP contribution in [0.2, 0.25) is 0 Å². The largest absolute Gasteiger partial charge is 0.271 e. The molecule has 0 bridgehead atoms. The molecule has 2 aromatic carbocycles. The second-order valence-corrected chi connectivity index (χ2v) is 5.65. The maximum Gasteiger partial charge on any atom is 0.123 e. The number of halogens is 1. The fraction of sp³-hybridized carbons (Fsp3) is 0.125. The summed E-state index contributed by atoms with van der Waals surface area (Å²) in [4.78, 5) is 0. The molecule has 0 saturated heterocycles. The number of nitrogens with two attached hydrogens (primary N) is 1. The lowest BCUT2D eigenvalue weighted by molar-refractivity contribution is 0.546. The maximum atomic E-state index is 13.3. The monoisotopic (exact) mass is 286 g/mol. The van der Waals surface area contributed by atoms with Gasteiger partial charge in [0.1, 0.15) is 5.82 Å². The van der Waals surface area contributed by atoms with E-state index < -0.39 is 0 Å². The van der Waals surface area contributed by atoms with Crippen LogP contribution in [0.5, 0.6) is 0 Å². The first-order chi connectivity index (χ1) is 9.78. The lowest BCUT2D eigenvalue weighted by atomic mass is 9.99. The lowest BCUT2D eigenvalue weighted by Crippen LogP contribution is -2.29. The minimum atomic E-state index is -0.238. The fourth-order valence-electron chi connectivity index (χ4n) is 2.41. The molecule has 0 fully saturated rings. The molecule has 1 heterocycles. The predicted molar refractivity (Wildman–Crippen MR) is 82.0 cm³/mol. The molecule has 0 aliphatic rings. The molecule has 3 N–H and O–H groups in total. The molecule has 0 amide bonds. The first-order valence-electron chi connectivity index (χ1n) is 6.44. The average Bonchev–Trinajstić information content (AvgIpc) is 2.88. The van der Waals surface area contributed by atoms with Gasteiger partial charge in [-0.3, -0.25) is 11.3 Å². The third-order valence-corrected chi connectivity index (χ3v) is 4.45. The second kappa shape index (κ2) is 5.71. The number of rotatable bonds is 4. The smallest absolute Gasteiger partial charge is 0.123 e. The molecule has 0 saturated carbocycles. The van der Waals surface area contributed by atoms with Gasteiger partial charge in [0.25, 0.3) is 0 Å². The SMILES string of the molecule is NNC(Cc1csc2ccccc12)c1cccc(F)c1. The highest BCUT2D eigenvalue weighted by Crippen LogP contribution is 2.29. The summed E-state index contributed by atoms with van der Waals surface area (Å²) in [6, 6.07) is 14.8. The zero-order valence-electron chi connectivity index (χ0n) is 10.8. The summed E-state index contributed by atoms with van der Waals surface area (Å²) in [5, 5.41) is 3.39. The molecule has 2 nitrogen and oxygen atoms in total. The van der Waals surface area contributed by atoms with Gasteiger partial charge < -0.3 is 0 Å². The molecule has 1 atom stereocenters.